The highest BCUT2D eigenvalue weighted by Gasteiger charge is 2.12. The van der Waals surface area contributed by atoms with Gasteiger partial charge >= 0.3 is 0 Å². The van der Waals surface area contributed by atoms with Crippen LogP contribution in [0.2, 0.25) is 0 Å². The summed E-state index contributed by atoms with van der Waals surface area (Å²) >= 11 is 0. The van der Waals surface area contributed by atoms with Crippen molar-refractivity contribution < 1.29 is 4.21 Å². The molecule has 1 aromatic heterocycles. The molecule has 0 aliphatic heterocycles. The zero-order valence-electron chi connectivity index (χ0n) is 11.1. The molecule has 3 aromatic rings. The third kappa shape index (κ3) is 2.42. The van der Waals surface area contributed by atoms with E-state index in [2.05, 4.69) is 5.10 Å². The molecule has 1 unspecified atom stereocenters. The van der Waals surface area contributed by atoms with Gasteiger partial charge in [0, 0.05) is 11.1 Å². The Morgan fingerprint density at radius 1 is 1.00 bits per heavy atom. The molecule has 0 bridgehead atoms. The van der Waals surface area contributed by atoms with E-state index in [0.29, 0.717) is 4.90 Å². The molecule has 0 radical (unpaired) electrons. The van der Waals surface area contributed by atoms with Gasteiger partial charge in [0.2, 0.25) is 0 Å². The van der Waals surface area contributed by atoms with E-state index in [1.54, 1.807) is 10.9 Å². The molecule has 0 aliphatic rings. The lowest BCUT2D eigenvalue weighted by Gasteiger charge is -2.03. The molecule has 0 saturated heterocycles. The molecule has 1 heterocycles. The number of para-hydroxylation sites is 1. The summed E-state index contributed by atoms with van der Waals surface area (Å²) in [5.74, 6) is 0. The summed E-state index contributed by atoms with van der Waals surface area (Å²) in [6, 6.07) is 17.5. The summed E-state index contributed by atoms with van der Waals surface area (Å²) in [6.45, 7) is 1.97. The second-order valence-electron chi connectivity index (χ2n) is 4.49. The lowest BCUT2D eigenvalue weighted by molar-refractivity contribution is 0.682. The van der Waals surface area contributed by atoms with Crippen molar-refractivity contribution in [2.24, 2.45) is 0 Å². The summed E-state index contributed by atoms with van der Waals surface area (Å²) in [7, 11) is -1.19. The molecule has 100 valence electrons. The Hall–Kier alpha value is -2.20. The highest BCUT2D eigenvalue weighted by molar-refractivity contribution is 7.85. The van der Waals surface area contributed by atoms with Crippen molar-refractivity contribution in [3.63, 3.8) is 0 Å². The van der Waals surface area contributed by atoms with Crippen LogP contribution in [-0.4, -0.2) is 14.0 Å². The molecule has 4 heteroatoms. The molecule has 20 heavy (non-hydrogen) atoms. The number of nitrogens with zero attached hydrogens (tertiary/aromatic N) is 2. The van der Waals surface area contributed by atoms with Crippen molar-refractivity contribution in [1.29, 1.82) is 0 Å². The third-order valence-corrected chi connectivity index (χ3v) is 4.58. The van der Waals surface area contributed by atoms with Gasteiger partial charge in [0.25, 0.3) is 0 Å². The zero-order chi connectivity index (χ0) is 13.9. The number of benzene rings is 2. The Morgan fingerprint density at radius 3 is 2.45 bits per heavy atom. The van der Waals surface area contributed by atoms with E-state index in [1.807, 2.05) is 67.7 Å². The van der Waals surface area contributed by atoms with E-state index in [4.69, 9.17) is 0 Å². The molecule has 0 saturated carbocycles. The fourth-order valence-electron chi connectivity index (χ4n) is 2.02. The first kappa shape index (κ1) is 12.8. The van der Waals surface area contributed by atoms with Crippen LogP contribution in [0.5, 0.6) is 0 Å². The van der Waals surface area contributed by atoms with Crippen molar-refractivity contribution in [3.8, 4) is 5.69 Å². The van der Waals surface area contributed by atoms with Crippen molar-refractivity contribution in [2.45, 2.75) is 16.7 Å². The van der Waals surface area contributed by atoms with Gasteiger partial charge in [-0.2, -0.15) is 5.10 Å². The normalized spacial score (nSPS) is 12.2. The Balaban J connectivity index is 1.95. The van der Waals surface area contributed by atoms with Crippen molar-refractivity contribution >= 4 is 10.8 Å². The summed E-state index contributed by atoms with van der Waals surface area (Å²) in [6.07, 6.45) is 3.48. The second-order valence-corrected chi connectivity index (χ2v) is 5.94. The maximum atomic E-state index is 12.6. The third-order valence-electron chi connectivity index (χ3n) is 3.09. The topological polar surface area (TPSA) is 34.9 Å². The largest absolute Gasteiger partial charge is 0.249 e. The van der Waals surface area contributed by atoms with Crippen LogP contribution in [-0.2, 0) is 10.8 Å². The molecule has 0 aliphatic carbocycles. The summed E-state index contributed by atoms with van der Waals surface area (Å²) in [5.41, 5.74) is 1.99. The fraction of sp³-hybridized carbons (Fsp3) is 0.0625. The van der Waals surface area contributed by atoms with Crippen LogP contribution in [0.4, 0.5) is 0 Å². The fourth-order valence-corrected chi connectivity index (χ4v) is 3.17. The molecule has 3 nitrogen and oxygen atoms in total. The molecular weight excluding hydrogens is 268 g/mol. The van der Waals surface area contributed by atoms with Gasteiger partial charge in [-0.3, -0.25) is 0 Å². The number of hydrogen-bond acceptors (Lipinski definition) is 2. The molecule has 1 atom stereocenters. The monoisotopic (exact) mass is 282 g/mol. The van der Waals surface area contributed by atoms with Gasteiger partial charge in [-0.25, -0.2) is 8.89 Å². The second kappa shape index (κ2) is 5.43. The lowest BCUT2D eigenvalue weighted by Crippen LogP contribution is -1.95. The van der Waals surface area contributed by atoms with E-state index in [9.17, 15) is 4.21 Å². The summed E-state index contributed by atoms with van der Waals surface area (Å²) in [4.78, 5) is 1.54. The van der Waals surface area contributed by atoms with Gasteiger partial charge in [0.05, 0.1) is 27.6 Å². The molecule has 0 N–H and O–H groups in total. The average molecular weight is 282 g/mol. The zero-order valence-corrected chi connectivity index (χ0v) is 11.9. The molecule has 0 fully saturated rings. The van der Waals surface area contributed by atoms with Crippen LogP contribution in [0.1, 0.15) is 5.56 Å². The molecule has 0 amide bonds. The lowest BCUT2D eigenvalue weighted by atomic mass is 10.2. The average Bonchev–Trinajstić information content (AvgIpc) is 2.98. The van der Waals surface area contributed by atoms with Crippen LogP contribution in [0.25, 0.3) is 5.69 Å². The van der Waals surface area contributed by atoms with Crippen molar-refractivity contribution in [2.75, 3.05) is 0 Å². The van der Waals surface area contributed by atoms with E-state index in [0.717, 1.165) is 16.1 Å². The highest BCUT2D eigenvalue weighted by Crippen LogP contribution is 2.20. The summed E-state index contributed by atoms with van der Waals surface area (Å²) in [5, 5.41) is 4.29. The molecule has 2 aromatic carbocycles. The first-order valence-electron chi connectivity index (χ1n) is 6.33. The quantitative estimate of drug-likeness (QED) is 0.738. The number of aromatic nitrogens is 2. The minimum Gasteiger partial charge on any atom is -0.249 e. The van der Waals surface area contributed by atoms with Gasteiger partial charge in [-0.1, -0.05) is 36.4 Å². The van der Waals surface area contributed by atoms with Gasteiger partial charge < -0.3 is 0 Å². The Kier molecular flexibility index (Phi) is 3.48. The first-order chi connectivity index (χ1) is 9.75. The Labute approximate surface area is 120 Å². The predicted octanol–water partition coefficient (Wildman–Crippen LogP) is 3.35. The van der Waals surface area contributed by atoms with E-state index in [-0.39, 0.29) is 0 Å². The minimum absolute atomic E-state index is 0.711. The van der Waals surface area contributed by atoms with E-state index >= 15 is 0 Å². The van der Waals surface area contributed by atoms with Gasteiger partial charge in [0.15, 0.2) is 0 Å². The van der Waals surface area contributed by atoms with Gasteiger partial charge in [-0.05, 0) is 30.7 Å². The first-order valence-corrected chi connectivity index (χ1v) is 7.48. The maximum absolute atomic E-state index is 12.6. The van der Waals surface area contributed by atoms with E-state index in [1.165, 1.54) is 0 Å². The minimum atomic E-state index is -1.19. The number of aryl methyl sites for hydroxylation is 1. The van der Waals surface area contributed by atoms with Crippen molar-refractivity contribution in [1.82, 2.24) is 9.78 Å². The van der Waals surface area contributed by atoms with Crippen LogP contribution in [0.15, 0.2) is 76.8 Å². The van der Waals surface area contributed by atoms with Crippen LogP contribution >= 0.6 is 0 Å². The molecule has 3 rings (SSSR count). The number of rotatable bonds is 3. The smallest absolute Gasteiger partial charge is 0.0884 e. The predicted molar refractivity (Wildman–Crippen MR) is 79.4 cm³/mol. The standard InChI is InChI=1S/C16H14N2OS/c1-13-7-5-6-10-16(13)20(19)15-11-17-18(12-15)14-8-3-2-4-9-14/h2-12H,1H3. The highest BCUT2D eigenvalue weighted by atomic mass is 32.2. The van der Waals surface area contributed by atoms with Crippen LogP contribution in [0, 0.1) is 6.92 Å². The maximum Gasteiger partial charge on any atom is 0.0884 e. The van der Waals surface area contributed by atoms with Crippen LogP contribution < -0.4 is 0 Å². The van der Waals surface area contributed by atoms with Gasteiger partial charge in [0.1, 0.15) is 0 Å². The van der Waals surface area contributed by atoms with Gasteiger partial charge in [-0.15, -0.1) is 0 Å². The SMILES string of the molecule is Cc1ccccc1S(=O)c1cnn(-c2ccccc2)c1. The Morgan fingerprint density at radius 2 is 1.70 bits per heavy atom. The molecule has 0 spiro atoms. The van der Waals surface area contributed by atoms with E-state index < -0.39 is 10.8 Å². The van der Waals surface area contributed by atoms with Crippen LogP contribution in [0.3, 0.4) is 0 Å². The van der Waals surface area contributed by atoms with Crippen molar-refractivity contribution in [3.05, 3.63) is 72.6 Å². The summed E-state index contributed by atoms with van der Waals surface area (Å²) < 4.78 is 14.3. The number of hydrogen-bond donors (Lipinski definition) is 0. The molecular formula is C16H14N2OS. The Bertz CT molecular complexity index is 750.